The molecule has 166 valence electrons. The summed E-state index contributed by atoms with van der Waals surface area (Å²) in [4.78, 5) is 41.5. The highest BCUT2D eigenvalue weighted by Gasteiger charge is 2.47. The van der Waals surface area contributed by atoms with Crippen molar-refractivity contribution < 1.29 is 18.8 Å². The van der Waals surface area contributed by atoms with Crippen molar-refractivity contribution in [2.45, 2.75) is 38.6 Å². The Morgan fingerprint density at radius 2 is 1.81 bits per heavy atom. The van der Waals surface area contributed by atoms with E-state index in [2.05, 4.69) is 5.32 Å². The fraction of sp³-hybridized carbons (Fsp3) is 0.292. The fourth-order valence-corrected chi connectivity index (χ4v) is 5.28. The number of fused-ring (bicyclic) bond motifs is 1. The number of urea groups is 1. The summed E-state index contributed by atoms with van der Waals surface area (Å²) in [6.07, 6.45) is 1.77. The first-order valence-electron chi connectivity index (χ1n) is 10.3. The van der Waals surface area contributed by atoms with Crippen LogP contribution in [-0.4, -0.2) is 45.5 Å². The van der Waals surface area contributed by atoms with Crippen LogP contribution in [0.4, 0.5) is 14.9 Å². The number of benzene rings is 2. The van der Waals surface area contributed by atoms with Gasteiger partial charge in [0.1, 0.15) is 17.6 Å². The van der Waals surface area contributed by atoms with Gasteiger partial charge >= 0.3 is 6.03 Å². The molecule has 2 aliphatic heterocycles. The standard InChI is InChI=1S/C24H24FN3O3S/c1-14-10-15(2)21(16(3)11-14)26-20(29)13-27-19-8-9-32-22(19)23(30)28(24(27)31)12-17-6-4-5-7-18(17)25/h4-11,19,22H,12-13H2,1-3H3,(H,26,29). The number of halogens is 1. The number of rotatable bonds is 5. The van der Waals surface area contributed by atoms with Crippen molar-refractivity contribution in [3.63, 3.8) is 0 Å². The van der Waals surface area contributed by atoms with Gasteiger partial charge in [-0.25, -0.2) is 9.18 Å². The molecule has 1 fully saturated rings. The fourth-order valence-electron chi connectivity index (χ4n) is 4.22. The van der Waals surface area contributed by atoms with Gasteiger partial charge in [-0.2, -0.15) is 0 Å². The Hall–Kier alpha value is -3.13. The first kappa shape index (κ1) is 22.1. The summed E-state index contributed by atoms with van der Waals surface area (Å²) in [5, 5.41) is 4.14. The van der Waals surface area contributed by atoms with E-state index < -0.39 is 23.1 Å². The van der Waals surface area contributed by atoms with Crippen LogP contribution in [0.2, 0.25) is 0 Å². The lowest BCUT2D eigenvalue weighted by molar-refractivity contribution is -0.133. The monoisotopic (exact) mass is 453 g/mol. The summed E-state index contributed by atoms with van der Waals surface area (Å²) in [5.74, 6) is -1.21. The van der Waals surface area contributed by atoms with Gasteiger partial charge in [-0.3, -0.25) is 14.5 Å². The molecule has 2 heterocycles. The molecule has 0 spiro atoms. The van der Waals surface area contributed by atoms with Crippen LogP contribution in [0.25, 0.3) is 0 Å². The lowest BCUT2D eigenvalue weighted by atomic mass is 10.0. The maximum absolute atomic E-state index is 14.2. The van der Waals surface area contributed by atoms with Crippen LogP contribution < -0.4 is 5.32 Å². The van der Waals surface area contributed by atoms with Crippen LogP contribution in [0.3, 0.4) is 0 Å². The Labute approximate surface area is 190 Å². The number of amides is 4. The number of carbonyl (C=O) groups excluding carboxylic acids is 3. The third-order valence-corrected chi connectivity index (χ3v) is 6.79. The van der Waals surface area contributed by atoms with Crippen LogP contribution in [0.1, 0.15) is 22.3 Å². The molecule has 4 rings (SSSR count). The molecule has 2 unspecified atom stereocenters. The summed E-state index contributed by atoms with van der Waals surface area (Å²) in [7, 11) is 0. The van der Waals surface area contributed by atoms with Gasteiger partial charge in [0.05, 0.1) is 12.6 Å². The Balaban J connectivity index is 1.56. The second kappa shape index (κ2) is 8.78. The average Bonchev–Trinajstić information content (AvgIpc) is 3.22. The molecule has 4 amide bonds. The van der Waals surface area contributed by atoms with E-state index in [-0.39, 0.29) is 30.5 Å². The Morgan fingerprint density at radius 3 is 2.50 bits per heavy atom. The number of nitrogens with zero attached hydrogens (tertiary/aromatic N) is 2. The zero-order chi connectivity index (χ0) is 23.0. The number of anilines is 1. The number of hydrogen-bond acceptors (Lipinski definition) is 4. The maximum Gasteiger partial charge on any atom is 0.328 e. The van der Waals surface area contributed by atoms with Crippen LogP contribution in [0.15, 0.2) is 47.9 Å². The highest BCUT2D eigenvalue weighted by Crippen LogP contribution is 2.35. The molecule has 2 atom stereocenters. The first-order valence-corrected chi connectivity index (χ1v) is 11.3. The van der Waals surface area contributed by atoms with E-state index in [1.807, 2.05) is 32.9 Å². The van der Waals surface area contributed by atoms with E-state index in [1.165, 1.54) is 22.7 Å². The minimum absolute atomic E-state index is 0.178. The maximum atomic E-state index is 14.2. The summed E-state index contributed by atoms with van der Waals surface area (Å²) < 4.78 is 14.2. The molecular weight excluding hydrogens is 429 g/mol. The van der Waals surface area contributed by atoms with E-state index in [0.29, 0.717) is 0 Å². The zero-order valence-electron chi connectivity index (χ0n) is 18.1. The van der Waals surface area contributed by atoms with Gasteiger partial charge in [0.15, 0.2) is 0 Å². The molecule has 1 N–H and O–H groups in total. The van der Waals surface area contributed by atoms with Crippen molar-refractivity contribution in [1.29, 1.82) is 0 Å². The van der Waals surface area contributed by atoms with Crippen molar-refractivity contribution in [2.75, 3.05) is 11.9 Å². The summed E-state index contributed by atoms with van der Waals surface area (Å²) in [5.41, 5.74) is 3.94. The molecular formula is C24H24FN3O3S. The van der Waals surface area contributed by atoms with E-state index in [1.54, 1.807) is 29.7 Å². The van der Waals surface area contributed by atoms with Crippen LogP contribution >= 0.6 is 11.8 Å². The molecule has 2 aromatic carbocycles. The van der Waals surface area contributed by atoms with Crippen molar-refractivity contribution >= 4 is 35.3 Å². The highest BCUT2D eigenvalue weighted by molar-refractivity contribution is 8.03. The summed E-state index contributed by atoms with van der Waals surface area (Å²) in [6.45, 7) is 5.44. The minimum atomic E-state index is -0.598. The number of aryl methyl sites for hydroxylation is 3. The molecule has 8 heteroatoms. The first-order chi connectivity index (χ1) is 15.3. The van der Waals surface area contributed by atoms with Crippen molar-refractivity contribution in [3.8, 4) is 0 Å². The Bertz CT molecular complexity index is 1110. The summed E-state index contributed by atoms with van der Waals surface area (Å²) >= 11 is 1.31. The topological polar surface area (TPSA) is 69.7 Å². The van der Waals surface area contributed by atoms with Crippen molar-refractivity contribution in [2.24, 2.45) is 0 Å². The largest absolute Gasteiger partial charge is 0.328 e. The number of nitrogens with one attached hydrogen (secondary N) is 1. The van der Waals surface area contributed by atoms with Crippen LogP contribution in [0, 0.1) is 26.6 Å². The van der Waals surface area contributed by atoms with Gasteiger partial charge in [-0.15, -0.1) is 11.8 Å². The lowest BCUT2D eigenvalue weighted by Gasteiger charge is -2.41. The Kier molecular flexibility index (Phi) is 6.06. The van der Waals surface area contributed by atoms with Gasteiger partial charge in [0.2, 0.25) is 11.8 Å². The molecule has 0 bridgehead atoms. The van der Waals surface area contributed by atoms with Crippen LogP contribution in [-0.2, 0) is 16.1 Å². The lowest BCUT2D eigenvalue weighted by Crippen LogP contribution is -2.62. The second-order valence-electron chi connectivity index (χ2n) is 8.12. The van der Waals surface area contributed by atoms with Gasteiger partial charge in [0.25, 0.3) is 0 Å². The number of thioether (sulfide) groups is 1. The molecule has 2 aromatic rings. The third-order valence-electron chi connectivity index (χ3n) is 5.70. The SMILES string of the molecule is Cc1cc(C)c(NC(=O)CN2C(=O)N(Cc3ccccc3F)C(=O)C3SC=CC32)c(C)c1. The van der Waals surface area contributed by atoms with E-state index in [9.17, 15) is 18.8 Å². The summed E-state index contributed by atoms with van der Waals surface area (Å²) in [6, 6.07) is 8.90. The number of hydrogen-bond donors (Lipinski definition) is 1. The molecule has 1 saturated heterocycles. The molecule has 0 saturated carbocycles. The molecule has 0 radical (unpaired) electrons. The predicted molar refractivity (Wildman–Crippen MR) is 123 cm³/mol. The average molecular weight is 454 g/mol. The van der Waals surface area contributed by atoms with Gasteiger partial charge in [0, 0.05) is 11.3 Å². The van der Waals surface area contributed by atoms with Gasteiger partial charge in [-0.05, 0) is 43.4 Å². The zero-order valence-corrected chi connectivity index (χ0v) is 18.9. The minimum Gasteiger partial charge on any atom is -0.324 e. The third kappa shape index (κ3) is 4.14. The Morgan fingerprint density at radius 1 is 1.12 bits per heavy atom. The number of carbonyl (C=O) groups is 3. The number of imide groups is 1. The van der Waals surface area contributed by atoms with Crippen molar-refractivity contribution in [3.05, 3.63) is 76.0 Å². The van der Waals surface area contributed by atoms with E-state index >= 15 is 0 Å². The van der Waals surface area contributed by atoms with Gasteiger partial charge in [-0.1, -0.05) is 42.0 Å². The molecule has 32 heavy (non-hydrogen) atoms. The molecule has 0 aromatic heterocycles. The molecule has 0 aliphatic carbocycles. The quantitative estimate of drug-likeness (QED) is 0.738. The highest BCUT2D eigenvalue weighted by atomic mass is 32.2. The smallest absolute Gasteiger partial charge is 0.324 e. The molecule has 2 aliphatic rings. The predicted octanol–water partition coefficient (Wildman–Crippen LogP) is 4.15. The van der Waals surface area contributed by atoms with Crippen LogP contribution in [0.5, 0.6) is 0 Å². The second-order valence-corrected chi connectivity index (χ2v) is 9.18. The van der Waals surface area contributed by atoms with Crippen molar-refractivity contribution in [1.82, 2.24) is 9.80 Å². The van der Waals surface area contributed by atoms with Gasteiger partial charge < -0.3 is 10.2 Å². The normalized spacial score (nSPS) is 20.0. The molecule has 6 nitrogen and oxygen atoms in total. The van der Waals surface area contributed by atoms with E-state index in [0.717, 1.165) is 27.3 Å². The van der Waals surface area contributed by atoms with E-state index in [4.69, 9.17) is 0 Å².